The van der Waals surface area contributed by atoms with Crippen molar-refractivity contribution in [2.24, 2.45) is 7.05 Å². The largest absolute Gasteiger partial charge is 0.354 e. The smallest absolute Gasteiger partial charge is 0.315 e. The molecule has 6 nitrogen and oxygen atoms in total. The molecule has 0 fully saturated rings. The number of nitrogens with one attached hydrogen (secondary N) is 3. The summed E-state index contributed by atoms with van der Waals surface area (Å²) in [6, 6.07) is 6.10. The molecule has 2 aromatic rings. The second-order valence-electron chi connectivity index (χ2n) is 5.62. The Morgan fingerprint density at radius 3 is 2.95 bits per heavy atom. The highest BCUT2D eigenvalue weighted by atomic mass is 16.2. The SMILES string of the molecule is CCc1cc(CNC(=O)N[C@@H](C)CCc2cccn2C)[nH]n1. The minimum Gasteiger partial charge on any atom is -0.354 e. The van der Waals surface area contributed by atoms with Gasteiger partial charge in [-0.1, -0.05) is 6.92 Å². The molecule has 22 heavy (non-hydrogen) atoms. The summed E-state index contributed by atoms with van der Waals surface area (Å²) in [4.78, 5) is 11.9. The topological polar surface area (TPSA) is 74.7 Å². The van der Waals surface area contributed by atoms with Crippen LogP contribution in [-0.4, -0.2) is 26.8 Å². The van der Waals surface area contributed by atoms with E-state index in [9.17, 15) is 4.79 Å². The molecule has 0 aliphatic heterocycles. The van der Waals surface area contributed by atoms with Crippen LogP contribution >= 0.6 is 0 Å². The van der Waals surface area contributed by atoms with Gasteiger partial charge in [0, 0.05) is 25.0 Å². The van der Waals surface area contributed by atoms with Gasteiger partial charge in [0.05, 0.1) is 17.9 Å². The standard InChI is InChI=1S/C16H25N5O/c1-4-13-10-14(20-19-13)11-17-16(22)18-12(2)7-8-15-6-5-9-21(15)3/h5-6,9-10,12H,4,7-8,11H2,1-3H3,(H,19,20)(H2,17,18,22)/t12-/m0/s1. The van der Waals surface area contributed by atoms with E-state index in [2.05, 4.69) is 38.4 Å². The van der Waals surface area contributed by atoms with Gasteiger partial charge in [0.1, 0.15) is 0 Å². The zero-order valence-electron chi connectivity index (χ0n) is 13.5. The summed E-state index contributed by atoms with van der Waals surface area (Å²) in [6.07, 6.45) is 4.79. The minimum atomic E-state index is -0.146. The molecule has 2 heterocycles. The minimum absolute atomic E-state index is 0.128. The molecule has 0 saturated heterocycles. The van der Waals surface area contributed by atoms with Crippen molar-refractivity contribution >= 4 is 6.03 Å². The second-order valence-corrected chi connectivity index (χ2v) is 5.62. The van der Waals surface area contributed by atoms with E-state index < -0.39 is 0 Å². The lowest BCUT2D eigenvalue weighted by molar-refractivity contribution is 0.236. The molecule has 0 spiro atoms. The Morgan fingerprint density at radius 1 is 1.50 bits per heavy atom. The molecule has 0 aliphatic rings. The molecule has 120 valence electrons. The number of hydrogen-bond acceptors (Lipinski definition) is 2. The zero-order chi connectivity index (χ0) is 15.9. The van der Waals surface area contributed by atoms with Gasteiger partial charge in [-0.2, -0.15) is 5.10 Å². The average Bonchev–Trinajstić information content (AvgIpc) is 3.11. The molecule has 0 unspecified atom stereocenters. The van der Waals surface area contributed by atoms with Crippen molar-refractivity contribution in [3.63, 3.8) is 0 Å². The Balaban J connectivity index is 1.68. The Morgan fingerprint density at radius 2 is 2.32 bits per heavy atom. The predicted molar refractivity (Wildman–Crippen MR) is 86.5 cm³/mol. The molecule has 0 radical (unpaired) electrons. The van der Waals surface area contributed by atoms with E-state index in [0.29, 0.717) is 6.54 Å². The third kappa shape index (κ3) is 4.65. The first kappa shape index (κ1) is 16.1. The number of aryl methyl sites for hydroxylation is 3. The molecule has 6 heteroatoms. The van der Waals surface area contributed by atoms with Gasteiger partial charge in [0.2, 0.25) is 0 Å². The van der Waals surface area contributed by atoms with E-state index in [4.69, 9.17) is 0 Å². The number of aromatic amines is 1. The maximum absolute atomic E-state index is 11.9. The van der Waals surface area contributed by atoms with Gasteiger partial charge < -0.3 is 15.2 Å². The van der Waals surface area contributed by atoms with E-state index >= 15 is 0 Å². The Kier molecular flexibility index (Phi) is 5.63. The molecule has 0 aliphatic carbocycles. The summed E-state index contributed by atoms with van der Waals surface area (Å²) >= 11 is 0. The van der Waals surface area contributed by atoms with E-state index in [-0.39, 0.29) is 12.1 Å². The van der Waals surface area contributed by atoms with Crippen LogP contribution in [0, 0.1) is 0 Å². The lowest BCUT2D eigenvalue weighted by atomic mass is 10.1. The van der Waals surface area contributed by atoms with Gasteiger partial charge in [-0.25, -0.2) is 4.79 Å². The third-order valence-corrected chi connectivity index (χ3v) is 3.75. The fraction of sp³-hybridized carbons (Fsp3) is 0.500. The van der Waals surface area contributed by atoms with E-state index in [0.717, 1.165) is 30.7 Å². The number of rotatable bonds is 7. The van der Waals surface area contributed by atoms with Crippen molar-refractivity contribution in [3.8, 4) is 0 Å². The van der Waals surface area contributed by atoms with Crippen molar-refractivity contribution < 1.29 is 4.79 Å². The molecule has 3 N–H and O–H groups in total. The van der Waals surface area contributed by atoms with Crippen LogP contribution in [0.25, 0.3) is 0 Å². The monoisotopic (exact) mass is 303 g/mol. The summed E-state index contributed by atoms with van der Waals surface area (Å²) in [7, 11) is 2.04. The second kappa shape index (κ2) is 7.68. The Labute approximate surface area is 131 Å². The highest BCUT2D eigenvalue weighted by Crippen LogP contribution is 2.05. The number of nitrogens with zero attached hydrogens (tertiary/aromatic N) is 2. The molecule has 1 atom stereocenters. The van der Waals surface area contributed by atoms with Gasteiger partial charge >= 0.3 is 6.03 Å². The number of aromatic nitrogens is 3. The van der Waals surface area contributed by atoms with Crippen LogP contribution in [0.4, 0.5) is 4.79 Å². The number of amides is 2. The maximum Gasteiger partial charge on any atom is 0.315 e. The first-order valence-electron chi connectivity index (χ1n) is 7.76. The maximum atomic E-state index is 11.9. The van der Waals surface area contributed by atoms with E-state index in [1.165, 1.54) is 5.69 Å². The third-order valence-electron chi connectivity index (χ3n) is 3.75. The quantitative estimate of drug-likeness (QED) is 0.733. The first-order chi connectivity index (χ1) is 10.6. The number of carbonyl (C=O) groups is 1. The molecule has 2 amide bonds. The zero-order valence-corrected chi connectivity index (χ0v) is 13.5. The molecular weight excluding hydrogens is 278 g/mol. The molecule has 2 rings (SSSR count). The number of hydrogen-bond donors (Lipinski definition) is 3. The fourth-order valence-corrected chi connectivity index (χ4v) is 2.32. The summed E-state index contributed by atoms with van der Waals surface area (Å²) in [5, 5.41) is 12.9. The van der Waals surface area contributed by atoms with Gasteiger partial charge in [-0.15, -0.1) is 0 Å². The lowest BCUT2D eigenvalue weighted by Gasteiger charge is -2.14. The van der Waals surface area contributed by atoms with Crippen LogP contribution in [0.5, 0.6) is 0 Å². The Bertz CT molecular complexity index is 601. The van der Waals surface area contributed by atoms with Crippen LogP contribution in [0.2, 0.25) is 0 Å². The van der Waals surface area contributed by atoms with Crippen LogP contribution in [0.1, 0.15) is 37.4 Å². The summed E-state index contributed by atoms with van der Waals surface area (Å²) in [5.41, 5.74) is 3.20. The molecule has 0 saturated carbocycles. The van der Waals surface area contributed by atoms with Gasteiger partial charge in [-0.05, 0) is 44.4 Å². The normalized spacial score (nSPS) is 12.1. The Hall–Kier alpha value is -2.24. The molecule has 0 bridgehead atoms. The highest BCUT2D eigenvalue weighted by Gasteiger charge is 2.08. The summed E-state index contributed by atoms with van der Waals surface area (Å²) < 4.78 is 2.11. The number of H-pyrrole nitrogens is 1. The lowest BCUT2D eigenvalue weighted by Crippen LogP contribution is -2.40. The van der Waals surface area contributed by atoms with Crippen molar-refractivity contribution in [2.75, 3.05) is 0 Å². The van der Waals surface area contributed by atoms with Crippen molar-refractivity contribution in [1.82, 2.24) is 25.4 Å². The van der Waals surface area contributed by atoms with Crippen LogP contribution in [0.3, 0.4) is 0 Å². The van der Waals surface area contributed by atoms with Crippen molar-refractivity contribution in [1.29, 1.82) is 0 Å². The van der Waals surface area contributed by atoms with E-state index in [1.54, 1.807) is 0 Å². The van der Waals surface area contributed by atoms with Gasteiger partial charge in [0.25, 0.3) is 0 Å². The first-order valence-corrected chi connectivity index (χ1v) is 7.76. The molecule has 0 aromatic carbocycles. The van der Waals surface area contributed by atoms with E-state index in [1.807, 2.05) is 32.3 Å². The molecular formula is C16H25N5O. The number of carbonyl (C=O) groups excluding carboxylic acids is 1. The van der Waals surface area contributed by atoms with Gasteiger partial charge in [0.15, 0.2) is 0 Å². The number of urea groups is 1. The van der Waals surface area contributed by atoms with Crippen molar-refractivity contribution in [3.05, 3.63) is 41.5 Å². The van der Waals surface area contributed by atoms with Crippen molar-refractivity contribution in [2.45, 2.75) is 45.7 Å². The van der Waals surface area contributed by atoms with Gasteiger partial charge in [-0.3, -0.25) is 5.10 Å². The summed E-state index contributed by atoms with van der Waals surface area (Å²) in [6.45, 7) is 4.53. The van der Waals surface area contributed by atoms with Crippen LogP contribution in [0.15, 0.2) is 24.4 Å². The predicted octanol–water partition coefficient (Wildman–Crippen LogP) is 2.13. The summed E-state index contributed by atoms with van der Waals surface area (Å²) in [5.74, 6) is 0. The van der Waals surface area contributed by atoms with Crippen LogP contribution in [-0.2, 0) is 26.4 Å². The average molecular weight is 303 g/mol. The fourth-order valence-electron chi connectivity index (χ4n) is 2.32. The highest BCUT2D eigenvalue weighted by molar-refractivity contribution is 5.74. The van der Waals surface area contributed by atoms with Crippen LogP contribution < -0.4 is 10.6 Å². The molecule has 2 aromatic heterocycles.